The minimum atomic E-state index is -0.334. The Labute approximate surface area is 132 Å². The molecule has 2 aromatic rings. The van der Waals surface area contributed by atoms with Gasteiger partial charge in [-0.25, -0.2) is 5.43 Å². The lowest BCUT2D eigenvalue weighted by Crippen LogP contribution is -2.19. The lowest BCUT2D eigenvalue weighted by atomic mass is 10.1. The highest BCUT2D eigenvalue weighted by atomic mass is 35.5. The molecule has 0 saturated carbocycles. The zero-order valence-electron chi connectivity index (χ0n) is 11.9. The average Bonchev–Trinajstić information content (AvgIpc) is 2.44. The van der Waals surface area contributed by atoms with Crippen LogP contribution in [-0.4, -0.2) is 22.3 Å². The minimum absolute atomic E-state index is 0.0351. The first kappa shape index (κ1) is 15.9. The fraction of sp³-hybridized carbons (Fsp3) is 0.125. The van der Waals surface area contributed by atoms with E-state index in [9.17, 15) is 15.0 Å². The molecule has 5 nitrogen and oxygen atoms in total. The first-order valence-corrected chi connectivity index (χ1v) is 6.92. The van der Waals surface area contributed by atoms with Crippen molar-refractivity contribution in [1.29, 1.82) is 0 Å². The van der Waals surface area contributed by atoms with E-state index in [2.05, 4.69) is 10.5 Å². The third-order valence-corrected chi connectivity index (χ3v) is 3.38. The molecule has 2 rings (SSSR count). The molecule has 22 heavy (non-hydrogen) atoms. The minimum Gasteiger partial charge on any atom is -0.508 e. The third kappa shape index (κ3) is 4.23. The molecule has 6 heteroatoms. The van der Waals surface area contributed by atoms with Crippen LogP contribution in [0.5, 0.6) is 11.5 Å². The van der Waals surface area contributed by atoms with E-state index in [1.807, 2.05) is 0 Å². The molecule has 0 atom stereocenters. The van der Waals surface area contributed by atoms with E-state index >= 15 is 0 Å². The topological polar surface area (TPSA) is 81.9 Å². The summed E-state index contributed by atoms with van der Waals surface area (Å²) in [6, 6.07) is 9.52. The molecule has 0 bridgehead atoms. The van der Waals surface area contributed by atoms with E-state index in [1.54, 1.807) is 25.1 Å². The molecule has 0 heterocycles. The van der Waals surface area contributed by atoms with E-state index in [1.165, 1.54) is 24.4 Å². The summed E-state index contributed by atoms with van der Waals surface area (Å²) in [5, 5.41) is 23.4. The SMILES string of the molecule is Cc1cc(O)c(C=NNC(=O)Cc2cccc(O)c2)cc1Cl. The Morgan fingerprint density at radius 2 is 2.09 bits per heavy atom. The molecular formula is C16H15ClN2O3. The van der Waals surface area contributed by atoms with Crippen molar-refractivity contribution in [1.82, 2.24) is 5.43 Å². The number of phenols is 2. The maximum atomic E-state index is 11.7. The highest BCUT2D eigenvalue weighted by Gasteiger charge is 2.05. The number of nitrogens with zero attached hydrogens (tertiary/aromatic N) is 1. The van der Waals surface area contributed by atoms with Gasteiger partial charge in [-0.3, -0.25) is 4.79 Å². The van der Waals surface area contributed by atoms with Crippen molar-refractivity contribution >= 4 is 23.7 Å². The van der Waals surface area contributed by atoms with Gasteiger partial charge in [-0.1, -0.05) is 23.7 Å². The van der Waals surface area contributed by atoms with Crippen molar-refractivity contribution in [2.75, 3.05) is 0 Å². The van der Waals surface area contributed by atoms with Crippen LogP contribution in [0.3, 0.4) is 0 Å². The number of hydrazone groups is 1. The number of phenolic OH excluding ortho intramolecular Hbond substituents is 2. The number of aromatic hydroxyl groups is 2. The summed E-state index contributed by atoms with van der Waals surface area (Å²) < 4.78 is 0. The van der Waals surface area contributed by atoms with E-state index in [4.69, 9.17) is 11.6 Å². The van der Waals surface area contributed by atoms with Gasteiger partial charge in [0.25, 0.3) is 0 Å². The maximum absolute atomic E-state index is 11.7. The van der Waals surface area contributed by atoms with Crippen LogP contribution in [0.4, 0.5) is 0 Å². The Hall–Kier alpha value is -2.53. The Morgan fingerprint density at radius 1 is 1.32 bits per heavy atom. The van der Waals surface area contributed by atoms with Gasteiger partial charge in [-0.15, -0.1) is 0 Å². The van der Waals surface area contributed by atoms with Crippen LogP contribution < -0.4 is 5.43 Å². The monoisotopic (exact) mass is 318 g/mol. The summed E-state index contributed by atoms with van der Waals surface area (Å²) in [7, 11) is 0. The molecule has 0 saturated heterocycles. The molecular weight excluding hydrogens is 304 g/mol. The third-order valence-electron chi connectivity index (χ3n) is 2.98. The fourth-order valence-electron chi connectivity index (χ4n) is 1.85. The number of aryl methyl sites for hydroxylation is 1. The van der Waals surface area contributed by atoms with Crippen molar-refractivity contribution < 1.29 is 15.0 Å². The molecule has 1 amide bonds. The number of halogens is 1. The van der Waals surface area contributed by atoms with Gasteiger partial charge in [0, 0.05) is 10.6 Å². The number of carbonyl (C=O) groups excluding carboxylic acids is 1. The lowest BCUT2D eigenvalue weighted by molar-refractivity contribution is -0.120. The van der Waals surface area contributed by atoms with Gasteiger partial charge >= 0.3 is 0 Å². The summed E-state index contributed by atoms with van der Waals surface area (Å²) in [6.45, 7) is 1.78. The number of hydrogen-bond donors (Lipinski definition) is 3. The summed E-state index contributed by atoms with van der Waals surface area (Å²) >= 11 is 5.97. The van der Waals surface area contributed by atoms with Gasteiger partial charge in [0.15, 0.2) is 0 Å². The van der Waals surface area contributed by atoms with Gasteiger partial charge in [-0.2, -0.15) is 5.10 Å². The Balaban J connectivity index is 1.97. The summed E-state index contributed by atoms with van der Waals surface area (Å²) in [6.07, 6.45) is 1.41. The van der Waals surface area contributed by atoms with Crippen LogP contribution in [0, 0.1) is 6.92 Å². The molecule has 2 aromatic carbocycles. The number of carbonyl (C=O) groups is 1. The molecule has 0 fully saturated rings. The van der Waals surface area contributed by atoms with Gasteiger partial charge in [-0.05, 0) is 42.3 Å². The van der Waals surface area contributed by atoms with Crippen molar-refractivity contribution in [2.24, 2.45) is 5.10 Å². The van der Waals surface area contributed by atoms with Gasteiger partial charge in [0.05, 0.1) is 12.6 Å². The predicted molar refractivity (Wildman–Crippen MR) is 85.4 cm³/mol. The molecule has 0 aliphatic heterocycles. The number of rotatable bonds is 4. The van der Waals surface area contributed by atoms with Crippen LogP contribution in [0.15, 0.2) is 41.5 Å². The molecule has 0 radical (unpaired) electrons. The predicted octanol–water partition coefficient (Wildman–Crippen LogP) is 2.75. The quantitative estimate of drug-likeness (QED) is 0.599. The molecule has 0 aromatic heterocycles. The molecule has 0 aliphatic carbocycles. The lowest BCUT2D eigenvalue weighted by Gasteiger charge is -2.04. The van der Waals surface area contributed by atoms with E-state index in [-0.39, 0.29) is 23.8 Å². The first-order valence-electron chi connectivity index (χ1n) is 6.54. The maximum Gasteiger partial charge on any atom is 0.244 e. The zero-order valence-corrected chi connectivity index (χ0v) is 12.6. The Morgan fingerprint density at radius 3 is 2.82 bits per heavy atom. The number of hydrogen-bond acceptors (Lipinski definition) is 4. The van der Waals surface area contributed by atoms with E-state index in [0.717, 1.165) is 5.56 Å². The molecule has 114 valence electrons. The second-order valence-corrected chi connectivity index (χ2v) is 5.21. The van der Waals surface area contributed by atoms with E-state index < -0.39 is 0 Å². The summed E-state index contributed by atoms with van der Waals surface area (Å²) in [5.74, 6) is -0.194. The highest BCUT2D eigenvalue weighted by molar-refractivity contribution is 6.31. The normalized spacial score (nSPS) is 10.8. The highest BCUT2D eigenvalue weighted by Crippen LogP contribution is 2.24. The van der Waals surface area contributed by atoms with Crippen molar-refractivity contribution in [3.05, 3.63) is 58.1 Å². The van der Waals surface area contributed by atoms with Gasteiger partial charge in [0.2, 0.25) is 5.91 Å². The largest absolute Gasteiger partial charge is 0.508 e. The Kier molecular flexibility index (Phi) is 5.01. The van der Waals surface area contributed by atoms with Crippen LogP contribution in [0.2, 0.25) is 5.02 Å². The Bertz CT molecular complexity index is 729. The van der Waals surface area contributed by atoms with Crippen molar-refractivity contribution in [3.63, 3.8) is 0 Å². The van der Waals surface area contributed by atoms with E-state index in [0.29, 0.717) is 16.1 Å². The van der Waals surface area contributed by atoms with Crippen LogP contribution in [0.25, 0.3) is 0 Å². The molecule has 0 spiro atoms. The molecule has 0 aliphatic rings. The van der Waals surface area contributed by atoms with Gasteiger partial charge < -0.3 is 10.2 Å². The second kappa shape index (κ2) is 6.95. The average molecular weight is 319 g/mol. The zero-order chi connectivity index (χ0) is 16.1. The van der Waals surface area contributed by atoms with Crippen LogP contribution in [-0.2, 0) is 11.2 Å². The first-order chi connectivity index (χ1) is 10.5. The van der Waals surface area contributed by atoms with Crippen LogP contribution >= 0.6 is 11.6 Å². The smallest absolute Gasteiger partial charge is 0.244 e. The number of nitrogens with one attached hydrogen (secondary N) is 1. The fourth-order valence-corrected chi connectivity index (χ4v) is 2.02. The summed E-state index contributed by atoms with van der Waals surface area (Å²) in [4.78, 5) is 11.7. The van der Waals surface area contributed by atoms with Crippen LogP contribution in [0.1, 0.15) is 16.7 Å². The number of benzene rings is 2. The summed E-state index contributed by atoms with van der Waals surface area (Å²) in [5.41, 5.74) is 4.19. The number of amides is 1. The van der Waals surface area contributed by atoms with Crippen molar-refractivity contribution in [3.8, 4) is 11.5 Å². The standard InChI is InChI=1S/C16H15ClN2O3/c1-10-5-15(21)12(8-14(10)17)9-18-19-16(22)7-11-3-2-4-13(20)6-11/h2-6,8-9,20-21H,7H2,1H3,(H,19,22). The molecule has 0 unspecified atom stereocenters. The van der Waals surface area contributed by atoms with Crippen molar-refractivity contribution in [2.45, 2.75) is 13.3 Å². The second-order valence-electron chi connectivity index (χ2n) is 4.80. The molecule has 3 N–H and O–H groups in total. The van der Waals surface area contributed by atoms with Gasteiger partial charge in [0.1, 0.15) is 11.5 Å².